The number of aliphatic hydroxyl groups is 1. The van der Waals surface area contributed by atoms with Crippen molar-refractivity contribution in [1.29, 1.82) is 0 Å². The van der Waals surface area contributed by atoms with Crippen LogP contribution in [0.25, 0.3) is 23.3 Å². The molecule has 2 aliphatic carbocycles. The number of hydrogen-bond acceptors (Lipinski definition) is 5. The van der Waals surface area contributed by atoms with Gasteiger partial charge in [-0.25, -0.2) is 4.98 Å². The molecule has 1 aromatic heterocycles. The number of aryl methyl sites for hydroxylation is 1. The number of imidazole rings is 1. The average Bonchev–Trinajstić information content (AvgIpc) is 3.41. The lowest BCUT2D eigenvalue weighted by Crippen LogP contribution is -2.28. The number of methoxy groups -OCH3 is 1. The van der Waals surface area contributed by atoms with Crippen LogP contribution in [0.3, 0.4) is 0 Å². The third-order valence-electron chi connectivity index (χ3n) is 10.6. The third-order valence-corrected chi connectivity index (χ3v) is 10.6. The Labute approximate surface area is 277 Å². The summed E-state index contributed by atoms with van der Waals surface area (Å²) >= 11 is 0. The Morgan fingerprint density at radius 3 is 2.34 bits per heavy atom. The molecule has 7 heteroatoms. The standard InChI is InChI=1S/C40H45N3O4/c1-24-20-31(23-44)38(47-5)22-29(24)13-12-27-8-6-9-33(25(27)2)34-10-7-11-35(26(34)3)42-40(46)39-41-36-21-30(16-19-37(36)43(39)4)28-14-17-32(45)18-15-28/h6-13,20,22-23,28,30,32,45H,14-19,21H2,1-5H3,(H,42,46)/b13-12+. The van der Waals surface area contributed by atoms with E-state index in [0.29, 0.717) is 29.0 Å². The number of nitrogens with zero attached hydrogens (tertiary/aromatic N) is 2. The second-order valence-corrected chi connectivity index (χ2v) is 13.3. The van der Waals surface area contributed by atoms with Gasteiger partial charge in [0.2, 0.25) is 0 Å². The number of benzene rings is 3. The van der Waals surface area contributed by atoms with E-state index >= 15 is 0 Å². The predicted molar refractivity (Wildman–Crippen MR) is 188 cm³/mol. The first-order valence-corrected chi connectivity index (χ1v) is 16.7. The van der Waals surface area contributed by atoms with Crippen LogP contribution < -0.4 is 10.1 Å². The summed E-state index contributed by atoms with van der Waals surface area (Å²) in [6.07, 6.45) is 11.7. The van der Waals surface area contributed by atoms with Crippen molar-refractivity contribution in [3.63, 3.8) is 0 Å². The second-order valence-electron chi connectivity index (χ2n) is 13.3. The lowest BCUT2D eigenvalue weighted by Gasteiger charge is -2.34. The monoisotopic (exact) mass is 631 g/mol. The van der Waals surface area contributed by atoms with Crippen LogP contribution in [0.4, 0.5) is 5.69 Å². The molecule has 244 valence electrons. The molecule has 4 aromatic rings. The van der Waals surface area contributed by atoms with Gasteiger partial charge in [-0.15, -0.1) is 0 Å². The van der Waals surface area contributed by atoms with E-state index in [-0.39, 0.29) is 12.0 Å². The lowest BCUT2D eigenvalue weighted by molar-refractivity contribution is 0.0874. The maximum absolute atomic E-state index is 13.7. The van der Waals surface area contributed by atoms with E-state index in [1.54, 1.807) is 7.11 Å². The van der Waals surface area contributed by atoms with E-state index in [2.05, 4.69) is 48.7 Å². The fourth-order valence-corrected chi connectivity index (χ4v) is 7.64. The average molecular weight is 632 g/mol. The zero-order valence-electron chi connectivity index (χ0n) is 28.1. The smallest absolute Gasteiger partial charge is 0.291 e. The molecule has 47 heavy (non-hydrogen) atoms. The minimum absolute atomic E-state index is 0.143. The fraction of sp³-hybridized carbons (Fsp3) is 0.375. The Morgan fingerprint density at radius 2 is 1.62 bits per heavy atom. The number of nitrogens with one attached hydrogen (secondary N) is 1. The molecule has 7 nitrogen and oxygen atoms in total. The van der Waals surface area contributed by atoms with E-state index < -0.39 is 0 Å². The first-order chi connectivity index (χ1) is 22.7. The Hall–Kier alpha value is -4.49. The van der Waals surface area contributed by atoms with Gasteiger partial charge in [-0.1, -0.05) is 42.5 Å². The Kier molecular flexibility index (Phi) is 9.46. The van der Waals surface area contributed by atoms with Gasteiger partial charge in [-0.3, -0.25) is 9.59 Å². The van der Waals surface area contributed by atoms with Crippen molar-refractivity contribution in [2.24, 2.45) is 18.9 Å². The van der Waals surface area contributed by atoms with Gasteiger partial charge in [-0.2, -0.15) is 0 Å². The second kappa shape index (κ2) is 13.7. The van der Waals surface area contributed by atoms with Gasteiger partial charge in [0.05, 0.1) is 24.5 Å². The fourth-order valence-electron chi connectivity index (χ4n) is 7.64. The van der Waals surface area contributed by atoms with Crippen molar-refractivity contribution in [2.75, 3.05) is 12.4 Å². The lowest BCUT2D eigenvalue weighted by atomic mass is 9.73. The molecule has 2 N–H and O–H groups in total. The van der Waals surface area contributed by atoms with Crippen LogP contribution in [0, 0.1) is 32.6 Å². The summed E-state index contributed by atoms with van der Waals surface area (Å²) in [7, 11) is 3.53. The topological polar surface area (TPSA) is 93.4 Å². The molecular formula is C40H45N3O4. The molecule has 0 bridgehead atoms. The number of fused-ring (bicyclic) bond motifs is 1. The molecule has 1 atom stereocenters. The molecule has 0 aliphatic heterocycles. The van der Waals surface area contributed by atoms with Crippen molar-refractivity contribution in [1.82, 2.24) is 9.55 Å². The summed E-state index contributed by atoms with van der Waals surface area (Å²) < 4.78 is 7.40. The number of carbonyl (C=O) groups excluding carboxylic acids is 2. The molecule has 6 rings (SSSR count). The molecule has 1 unspecified atom stereocenters. The number of hydrogen-bond donors (Lipinski definition) is 2. The summed E-state index contributed by atoms with van der Waals surface area (Å²) in [5.74, 6) is 2.02. The highest BCUT2D eigenvalue weighted by atomic mass is 16.5. The van der Waals surface area contributed by atoms with Crippen molar-refractivity contribution < 1.29 is 19.4 Å². The van der Waals surface area contributed by atoms with Gasteiger partial charge >= 0.3 is 0 Å². The molecule has 1 saturated carbocycles. The summed E-state index contributed by atoms with van der Waals surface area (Å²) in [4.78, 5) is 30.0. The summed E-state index contributed by atoms with van der Waals surface area (Å²) in [6, 6.07) is 16.0. The molecule has 2 aliphatic rings. The number of aldehydes is 1. The first-order valence-electron chi connectivity index (χ1n) is 16.7. The highest BCUT2D eigenvalue weighted by Gasteiger charge is 2.33. The minimum atomic E-state index is -0.195. The molecule has 3 aromatic carbocycles. The number of ether oxygens (including phenoxy) is 1. The number of aliphatic hydroxyl groups excluding tert-OH is 1. The van der Waals surface area contributed by atoms with Gasteiger partial charge in [-0.05, 0) is 135 Å². The number of amides is 1. The van der Waals surface area contributed by atoms with E-state index in [1.165, 1.54) is 5.69 Å². The first kappa shape index (κ1) is 32.5. The van der Waals surface area contributed by atoms with Crippen LogP contribution >= 0.6 is 0 Å². The SMILES string of the molecule is COc1cc(/C=C/c2cccc(-c3cccc(NC(=O)c4nc5c(n4C)CCC(C4CCC(O)CC4)C5)c3C)c2C)c(C)cc1C=O. The molecule has 1 heterocycles. The van der Waals surface area contributed by atoms with Crippen molar-refractivity contribution >= 4 is 30.0 Å². The molecule has 0 spiro atoms. The van der Waals surface area contributed by atoms with Crippen LogP contribution in [-0.2, 0) is 19.9 Å². The van der Waals surface area contributed by atoms with Gasteiger partial charge < -0.3 is 19.7 Å². The highest BCUT2D eigenvalue weighted by molar-refractivity contribution is 6.03. The van der Waals surface area contributed by atoms with Gasteiger partial charge in [0, 0.05) is 18.4 Å². The normalized spacial score (nSPS) is 19.4. The van der Waals surface area contributed by atoms with E-state index in [1.807, 2.05) is 49.7 Å². The quantitative estimate of drug-likeness (QED) is 0.152. The van der Waals surface area contributed by atoms with E-state index in [9.17, 15) is 14.7 Å². The molecule has 0 radical (unpaired) electrons. The number of carbonyl (C=O) groups is 2. The zero-order valence-corrected chi connectivity index (χ0v) is 28.1. The molecule has 0 saturated heterocycles. The van der Waals surface area contributed by atoms with Crippen molar-refractivity contribution in [3.8, 4) is 16.9 Å². The largest absolute Gasteiger partial charge is 0.496 e. The Morgan fingerprint density at radius 1 is 0.915 bits per heavy atom. The van der Waals surface area contributed by atoms with Crippen molar-refractivity contribution in [3.05, 3.63) is 99.1 Å². The summed E-state index contributed by atoms with van der Waals surface area (Å²) in [5, 5.41) is 13.1. The maximum atomic E-state index is 13.7. The van der Waals surface area contributed by atoms with Gasteiger partial charge in [0.15, 0.2) is 12.1 Å². The van der Waals surface area contributed by atoms with Crippen molar-refractivity contribution in [2.45, 2.75) is 71.8 Å². The minimum Gasteiger partial charge on any atom is -0.496 e. The Bertz CT molecular complexity index is 1840. The molecule has 1 fully saturated rings. The van der Waals surface area contributed by atoms with Crippen LogP contribution in [-0.4, -0.2) is 40.1 Å². The van der Waals surface area contributed by atoms with E-state index in [4.69, 9.17) is 9.72 Å². The van der Waals surface area contributed by atoms with Gasteiger partial charge in [0.25, 0.3) is 5.91 Å². The zero-order chi connectivity index (χ0) is 33.2. The highest BCUT2D eigenvalue weighted by Crippen LogP contribution is 2.38. The molecule has 1 amide bonds. The molecular weight excluding hydrogens is 586 g/mol. The van der Waals surface area contributed by atoms with Gasteiger partial charge in [0.1, 0.15) is 5.75 Å². The Balaban J connectivity index is 1.21. The maximum Gasteiger partial charge on any atom is 0.291 e. The summed E-state index contributed by atoms with van der Waals surface area (Å²) in [5.41, 5.74) is 10.9. The number of anilines is 1. The van der Waals surface area contributed by atoms with Crippen LogP contribution in [0.2, 0.25) is 0 Å². The van der Waals surface area contributed by atoms with Crippen LogP contribution in [0.1, 0.15) is 92.3 Å². The van der Waals surface area contributed by atoms with Crippen LogP contribution in [0.5, 0.6) is 5.75 Å². The number of aromatic nitrogens is 2. The number of rotatable bonds is 8. The predicted octanol–water partition coefficient (Wildman–Crippen LogP) is 7.91. The van der Waals surface area contributed by atoms with E-state index in [0.717, 1.165) is 102 Å². The summed E-state index contributed by atoms with van der Waals surface area (Å²) in [6.45, 7) is 6.15. The third kappa shape index (κ3) is 6.54. The van der Waals surface area contributed by atoms with Crippen LogP contribution in [0.15, 0.2) is 48.5 Å².